The van der Waals surface area contributed by atoms with Gasteiger partial charge < -0.3 is 24.2 Å². The molecule has 12 nitrogen and oxygen atoms in total. The molecule has 0 aliphatic carbocycles. The number of aliphatic hydroxyl groups is 1. The first-order valence-electron chi connectivity index (χ1n) is 12.1. The fourth-order valence-corrected chi connectivity index (χ4v) is 4.16. The first kappa shape index (κ1) is 25.2. The molecule has 1 fully saturated rings. The Morgan fingerprint density at radius 1 is 1.16 bits per heavy atom. The van der Waals surface area contributed by atoms with E-state index in [0.29, 0.717) is 49.1 Å². The number of carbonyl (C=O) groups excluding carboxylic acids is 1. The van der Waals surface area contributed by atoms with E-state index in [1.165, 1.54) is 17.7 Å². The molecule has 0 saturated carbocycles. The van der Waals surface area contributed by atoms with E-state index in [4.69, 9.17) is 19.6 Å². The first-order chi connectivity index (χ1) is 18.5. The van der Waals surface area contributed by atoms with Crippen molar-refractivity contribution < 1.29 is 24.1 Å². The summed E-state index contributed by atoms with van der Waals surface area (Å²) in [7, 11) is 1.45. The number of nitrogens with one attached hydrogen (secondary N) is 1. The maximum Gasteiger partial charge on any atom is 0.255 e. The Morgan fingerprint density at radius 3 is 2.79 bits per heavy atom. The third-order valence-corrected chi connectivity index (χ3v) is 6.01. The summed E-state index contributed by atoms with van der Waals surface area (Å²) in [5, 5.41) is 32.6. The minimum atomic E-state index is -0.122. The van der Waals surface area contributed by atoms with E-state index in [-0.39, 0.29) is 36.4 Å². The quantitative estimate of drug-likeness (QED) is 0.266. The van der Waals surface area contributed by atoms with Crippen LogP contribution in [0.3, 0.4) is 0 Å². The Balaban J connectivity index is 1.38. The predicted molar refractivity (Wildman–Crippen MR) is 138 cm³/mol. The summed E-state index contributed by atoms with van der Waals surface area (Å²) < 4.78 is 17.8. The van der Waals surface area contributed by atoms with Crippen LogP contribution in [0.5, 0.6) is 5.88 Å². The van der Waals surface area contributed by atoms with Crippen LogP contribution in [0.25, 0.3) is 16.4 Å². The van der Waals surface area contributed by atoms with Crippen molar-refractivity contribution in [1.82, 2.24) is 29.7 Å². The molecule has 0 unspecified atom stereocenters. The van der Waals surface area contributed by atoms with E-state index in [1.807, 2.05) is 24.3 Å². The van der Waals surface area contributed by atoms with Crippen molar-refractivity contribution in [2.24, 2.45) is 0 Å². The average Bonchev–Trinajstić information content (AvgIpc) is 3.17. The fourth-order valence-electron chi connectivity index (χ4n) is 4.16. The highest BCUT2D eigenvalue weighted by molar-refractivity contribution is 6.05. The number of amides is 1. The number of hydrogen-bond acceptors (Lipinski definition) is 10. The van der Waals surface area contributed by atoms with Gasteiger partial charge in [0.05, 0.1) is 17.9 Å². The molecule has 5 rings (SSSR count). The van der Waals surface area contributed by atoms with Crippen LogP contribution in [-0.4, -0.2) is 86.4 Å². The number of fused-ring (bicyclic) bond motifs is 3. The zero-order chi connectivity index (χ0) is 26.5. The third-order valence-electron chi connectivity index (χ3n) is 6.01. The third kappa shape index (κ3) is 5.31. The van der Waals surface area contributed by atoms with Gasteiger partial charge in [0.1, 0.15) is 24.7 Å². The predicted octanol–water partition coefficient (Wildman–Crippen LogP) is 2.57. The topological polar surface area (TPSA) is 148 Å². The summed E-state index contributed by atoms with van der Waals surface area (Å²) in [6, 6.07) is 11.0. The minimum Gasteiger partial charge on any atom is -0.510 e. The van der Waals surface area contributed by atoms with Crippen LogP contribution in [0.1, 0.15) is 28.3 Å². The van der Waals surface area contributed by atoms with Crippen molar-refractivity contribution in [3.05, 3.63) is 71.5 Å². The minimum absolute atomic E-state index is 0.0341. The SMILES string of the molecule is COC/C(O)=C/C(=N)c1nnc2c3ccccc3c(OCc3ccc(C(=O)N4CCCOCC4)cn3)nn12. The lowest BCUT2D eigenvalue weighted by Gasteiger charge is -2.19. The zero-order valence-corrected chi connectivity index (χ0v) is 20.8. The van der Waals surface area contributed by atoms with Gasteiger partial charge in [0, 0.05) is 49.9 Å². The van der Waals surface area contributed by atoms with Crippen LogP contribution in [-0.2, 0) is 16.1 Å². The summed E-state index contributed by atoms with van der Waals surface area (Å²) >= 11 is 0. The average molecular weight is 518 g/mol. The van der Waals surface area contributed by atoms with Crippen LogP contribution in [0.4, 0.5) is 0 Å². The number of methoxy groups -OCH3 is 1. The lowest BCUT2D eigenvalue weighted by molar-refractivity contribution is 0.0740. The Morgan fingerprint density at radius 2 is 2.00 bits per heavy atom. The zero-order valence-electron chi connectivity index (χ0n) is 20.8. The molecule has 1 saturated heterocycles. The monoisotopic (exact) mass is 517 g/mol. The van der Waals surface area contributed by atoms with Crippen molar-refractivity contribution in [2.45, 2.75) is 13.0 Å². The highest BCUT2D eigenvalue weighted by Gasteiger charge is 2.19. The van der Waals surface area contributed by atoms with Gasteiger partial charge in [0.15, 0.2) is 5.65 Å². The molecule has 2 N–H and O–H groups in total. The second-order valence-corrected chi connectivity index (χ2v) is 8.68. The van der Waals surface area contributed by atoms with E-state index in [9.17, 15) is 9.90 Å². The van der Waals surface area contributed by atoms with Crippen LogP contribution >= 0.6 is 0 Å². The maximum atomic E-state index is 12.8. The Hall–Kier alpha value is -4.42. The summed E-state index contributed by atoms with van der Waals surface area (Å²) in [5.74, 6) is 0.252. The standard InChI is InChI=1S/C26H27N7O5/c1-36-16-19(34)13-22(27)24-30-29-23-20-5-2-3-6-21(20)25(31-33(23)24)38-15-18-8-7-17(14-28-18)26(35)32-9-4-11-37-12-10-32/h2-3,5-8,13-14,27,34H,4,9-12,15-16H2,1H3/b19-13-,27-22?. The molecular formula is C26H27N7O5. The fraction of sp³-hybridized carbons (Fsp3) is 0.308. The van der Waals surface area contributed by atoms with Crippen molar-refractivity contribution in [3.63, 3.8) is 0 Å². The van der Waals surface area contributed by atoms with Crippen molar-refractivity contribution in [2.75, 3.05) is 40.0 Å². The number of benzene rings is 1. The molecule has 1 aromatic carbocycles. The molecule has 3 aromatic heterocycles. The van der Waals surface area contributed by atoms with E-state index in [1.54, 1.807) is 23.2 Å². The van der Waals surface area contributed by atoms with Crippen molar-refractivity contribution >= 4 is 28.0 Å². The number of pyridine rings is 1. The number of hydrogen-bond donors (Lipinski definition) is 2. The second-order valence-electron chi connectivity index (χ2n) is 8.68. The van der Waals surface area contributed by atoms with Crippen LogP contribution in [0.15, 0.2) is 54.4 Å². The number of allylic oxidation sites excluding steroid dienone is 1. The summed E-state index contributed by atoms with van der Waals surface area (Å²) in [4.78, 5) is 19.0. The normalized spacial score (nSPS) is 14.6. The van der Waals surface area contributed by atoms with E-state index < -0.39 is 0 Å². The van der Waals surface area contributed by atoms with Gasteiger partial charge in [-0.3, -0.25) is 15.2 Å². The molecule has 12 heteroatoms. The molecule has 4 aromatic rings. The van der Waals surface area contributed by atoms with Crippen molar-refractivity contribution in [3.8, 4) is 5.88 Å². The van der Waals surface area contributed by atoms with Gasteiger partial charge in [-0.25, -0.2) is 0 Å². The first-order valence-corrected chi connectivity index (χ1v) is 12.1. The number of nitrogens with zero attached hydrogens (tertiary/aromatic N) is 6. The number of ether oxygens (including phenoxy) is 3. The molecule has 4 heterocycles. The Bertz CT molecular complexity index is 1490. The molecule has 1 amide bonds. The maximum absolute atomic E-state index is 12.8. The van der Waals surface area contributed by atoms with Crippen LogP contribution < -0.4 is 4.74 Å². The van der Waals surface area contributed by atoms with E-state index in [2.05, 4.69) is 20.3 Å². The van der Waals surface area contributed by atoms with Gasteiger partial charge in [0.25, 0.3) is 5.91 Å². The lowest BCUT2D eigenvalue weighted by atomic mass is 10.2. The molecule has 0 radical (unpaired) electrons. The molecule has 196 valence electrons. The van der Waals surface area contributed by atoms with Gasteiger partial charge in [0.2, 0.25) is 11.7 Å². The molecule has 1 aliphatic rings. The molecule has 0 spiro atoms. The largest absolute Gasteiger partial charge is 0.510 e. The Kier molecular flexibility index (Phi) is 7.52. The molecular weight excluding hydrogens is 490 g/mol. The molecule has 0 bridgehead atoms. The smallest absolute Gasteiger partial charge is 0.255 e. The number of rotatable bonds is 8. The van der Waals surface area contributed by atoms with Gasteiger partial charge in [-0.05, 0) is 24.6 Å². The van der Waals surface area contributed by atoms with E-state index >= 15 is 0 Å². The summed E-state index contributed by atoms with van der Waals surface area (Å²) in [5.41, 5.74) is 1.50. The molecule has 0 atom stereocenters. The summed E-state index contributed by atoms with van der Waals surface area (Å²) in [6.45, 7) is 2.50. The molecule has 38 heavy (non-hydrogen) atoms. The lowest BCUT2D eigenvalue weighted by Crippen LogP contribution is -2.33. The van der Waals surface area contributed by atoms with Crippen LogP contribution in [0.2, 0.25) is 0 Å². The van der Waals surface area contributed by atoms with Gasteiger partial charge >= 0.3 is 0 Å². The number of aromatic nitrogens is 5. The Labute approximate surface area is 218 Å². The van der Waals surface area contributed by atoms with Gasteiger partial charge in [-0.1, -0.05) is 18.2 Å². The second kappa shape index (κ2) is 11.3. The van der Waals surface area contributed by atoms with E-state index in [0.717, 1.165) is 17.2 Å². The van der Waals surface area contributed by atoms with Crippen molar-refractivity contribution in [1.29, 1.82) is 5.41 Å². The highest BCUT2D eigenvalue weighted by Crippen LogP contribution is 2.27. The van der Waals surface area contributed by atoms with Gasteiger partial charge in [-0.2, -0.15) is 4.52 Å². The number of carbonyl (C=O) groups is 1. The highest BCUT2D eigenvalue weighted by atomic mass is 16.5. The van der Waals surface area contributed by atoms with Crippen LogP contribution in [0, 0.1) is 5.41 Å². The molecule has 1 aliphatic heterocycles. The number of aliphatic hydroxyl groups excluding tert-OH is 1. The summed E-state index contributed by atoms with van der Waals surface area (Å²) in [6.07, 6.45) is 3.61. The van der Waals surface area contributed by atoms with Gasteiger partial charge in [-0.15, -0.1) is 15.3 Å².